The molecule has 0 aromatic rings. The third-order valence-corrected chi connectivity index (χ3v) is 14.4. The summed E-state index contributed by atoms with van der Waals surface area (Å²) in [6.45, 7) is 3.80. The minimum Gasteiger partial charge on any atom is -0.394 e. The Bertz CT molecular complexity index is 1190. The second kappa shape index (κ2) is 50.9. The lowest BCUT2D eigenvalue weighted by atomic mass is 9.99. The number of ether oxygens (including phenoxy) is 2. The Hall–Kier alpha value is -1.59. The van der Waals surface area contributed by atoms with E-state index in [-0.39, 0.29) is 12.5 Å². The lowest BCUT2D eigenvalue weighted by Gasteiger charge is -2.40. The molecule has 1 fully saturated rings. The first-order valence-corrected chi connectivity index (χ1v) is 30.2. The van der Waals surface area contributed by atoms with Crippen LogP contribution in [0.5, 0.6) is 0 Å². The van der Waals surface area contributed by atoms with Gasteiger partial charge in [-0.15, -0.1) is 0 Å². The van der Waals surface area contributed by atoms with Crippen molar-refractivity contribution in [2.75, 3.05) is 13.2 Å². The normalized spacial score (nSPS) is 19.6. The van der Waals surface area contributed by atoms with Crippen LogP contribution in [0.1, 0.15) is 290 Å². The molecule has 9 nitrogen and oxygen atoms in total. The third-order valence-electron chi connectivity index (χ3n) is 14.4. The standard InChI is InChI=1S/C61H115NO8/c1-3-5-7-9-11-13-15-17-19-21-23-25-27-28-29-31-33-35-37-39-41-43-45-47-49-51-57(65)62-54(53-69-61-60(68)59(67)58(66)56(52-63)70-61)55(64)50-48-46-44-42-40-38-36-34-32-30-26-24-22-20-18-16-14-12-10-8-6-4-2/h21,23,40,42,48,50,54-56,58-61,63-64,66-68H,3-20,22,24-39,41,43-47,49,51-53H2,1-2H3,(H,62,65)/b23-21-,42-40+,50-48+. The van der Waals surface area contributed by atoms with Crippen molar-refractivity contribution in [2.24, 2.45) is 0 Å². The maximum Gasteiger partial charge on any atom is 0.220 e. The van der Waals surface area contributed by atoms with E-state index in [4.69, 9.17) is 9.47 Å². The van der Waals surface area contributed by atoms with Gasteiger partial charge in [-0.1, -0.05) is 262 Å². The summed E-state index contributed by atoms with van der Waals surface area (Å²) in [6.07, 6.45) is 59.3. The van der Waals surface area contributed by atoms with Crippen molar-refractivity contribution in [1.82, 2.24) is 5.32 Å². The largest absolute Gasteiger partial charge is 0.394 e. The number of carbonyl (C=O) groups excluding carboxylic acids is 1. The van der Waals surface area contributed by atoms with Crippen LogP contribution in [0, 0.1) is 0 Å². The van der Waals surface area contributed by atoms with Gasteiger partial charge in [-0.05, 0) is 57.8 Å². The van der Waals surface area contributed by atoms with E-state index >= 15 is 0 Å². The van der Waals surface area contributed by atoms with E-state index in [0.717, 1.165) is 38.5 Å². The summed E-state index contributed by atoms with van der Waals surface area (Å²) in [5, 5.41) is 54.5. The van der Waals surface area contributed by atoms with Gasteiger partial charge in [-0.3, -0.25) is 4.79 Å². The monoisotopic (exact) mass is 990 g/mol. The van der Waals surface area contributed by atoms with Gasteiger partial charge < -0.3 is 40.3 Å². The molecule has 1 heterocycles. The Morgan fingerprint density at radius 1 is 0.471 bits per heavy atom. The van der Waals surface area contributed by atoms with Gasteiger partial charge in [-0.25, -0.2) is 0 Å². The van der Waals surface area contributed by atoms with E-state index in [1.807, 2.05) is 6.08 Å². The number of unbranched alkanes of at least 4 members (excludes halogenated alkanes) is 38. The molecule has 7 unspecified atom stereocenters. The van der Waals surface area contributed by atoms with Crippen molar-refractivity contribution in [2.45, 2.75) is 333 Å². The molecule has 0 saturated carbocycles. The molecule has 0 aromatic heterocycles. The van der Waals surface area contributed by atoms with Gasteiger partial charge in [0.1, 0.15) is 24.4 Å². The maximum absolute atomic E-state index is 13.1. The molecule has 0 aliphatic carbocycles. The van der Waals surface area contributed by atoms with Gasteiger partial charge >= 0.3 is 0 Å². The molecule has 1 aliphatic heterocycles. The molecule has 0 bridgehead atoms. The van der Waals surface area contributed by atoms with Gasteiger partial charge in [0.2, 0.25) is 5.91 Å². The van der Waals surface area contributed by atoms with Gasteiger partial charge in [0.15, 0.2) is 6.29 Å². The Kier molecular flexibility index (Phi) is 48.3. The second-order valence-electron chi connectivity index (χ2n) is 21.1. The average Bonchev–Trinajstić information content (AvgIpc) is 3.36. The molecule has 1 aliphatic rings. The highest BCUT2D eigenvalue weighted by Crippen LogP contribution is 2.23. The van der Waals surface area contributed by atoms with Crippen LogP contribution < -0.4 is 5.32 Å². The quantitative estimate of drug-likeness (QED) is 0.0261. The van der Waals surface area contributed by atoms with Gasteiger partial charge in [0.05, 0.1) is 25.4 Å². The number of carbonyl (C=O) groups is 1. The second-order valence-corrected chi connectivity index (χ2v) is 21.1. The minimum absolute atomic E-state index is 0.183. The highest BCUT2D eigenvalue weighted by Gasteiger charge is 2.44. The molecule has 1 rings (SSSR count). The van der Waals surface area contributed by atoms with Crippen molar-refractivity contribution >= 4 is 5.91 Å². The summed E-state index contributed by atoms with van der Waals surface area (Å²) >= 11 is 0. The fraction of sp³-hybridized carbons (Fsp3) is 0.885. The first-order valence-electron chi connectivity index (χ1n) is 30.2. The van der Waals surface area contributed by atoms with Crippen molar-refractivity contribution in [3.63, 3.8) is 0 Å². The first-order chi connectivity index (χ1) is 34.3. The highest BCUT2D eigenvalue weighted by atomic mass is 16.7. The van der Waals surface area contributed by atoms with Crippen LogP contribution in [-0.4, -0.2) is 87.5 Å². The summed E-state index contributed by atoms with van der Waals surface area (Å²) in [7, 11) is 0. The van der Waals surface area contributed by atoms with Crippen molar-refractivity contribution in [1.29, 1.82) is 0 Å². The predicted octanol–water partition coefficient (Wildman–Crippen LogP) is 15.1. The molecule has 9 heteroatoms. The zero-order valence-electron chi connectivity index (χ0n) is 45.8. The summed E-state index contributed by atoms with van der Waals surface area (Å²) in [4.78, 5) is 13.1. The fourth-order valence-electron chi connectivity index (χ4n) is 9.64. The summed E-state index contributed by atoms with van der Waals surface area (Å²) in [6, 6.07) is -0.821. The Balaban J connectivity index is 2.22. The van der Waals surface area contributed by atoms with E-state index in [2.05, 4.69) is 43.5 Å². The number of aliphatic hydroxyl groups excluding tert-OH is 5. The predicted molar refractivity (Wildman–Crippen MR) is 295 cm³/mol. The molecule has 412 valence electrons. The first kappa shape index (κ1) is 66.4. The molecule has 1 amide bonds. The van der Waals surface area contributed by atoms with Gasteiger partial charge in [-0.2, -0.15) is 0 Å². The van der Waals surface area contributed by atoms with Crippen LogP contribution in [0.3, 0.4) is 0 Å². The van der Waals surface area contributed by atoms with Crippen LogP contribution >= 0.6 is 0 Å². The molecule has 0 aromatic carbocycles. The van der Waals surface area contributed by atoms with E-state index < -0.39 is 49.5 Å². The molecular weight excluding hydrogens is 875 g/mol. The number of nitrogens with one attached hydrogen (secondary N) is 1. The Labute approximate surface area is 431 Å². The average molecular weight is 991 g/mol. The number of hydrogen-bond donors (Lipinski definition) is 6. The Morgan fingerprint density at radius 3 is 1.20 bits per heavy atom. The molecule has 0 spiro atoms. The van der Waals surface area contributed by atoms with Crippen LogP contribution in [0.2, 0.25) is 0 Å². The number of rotatable bonds is 52. The minimum atomic E-state index is -1.57. The molecular formula is C61H115NO8. The van der Waals surface area contributed by atoms with E-state index in [1.54, 1.807) is 6.08 Å². The van der Waals surface area contributed by atoms with Crippen molar-refractivity contribution in [3.8, 4) is 0 Å². The smallest absolute Gasteiger partial charge is 0.220 e. The van der Waals surface area contributed by atoms with E-state index in [9.17, 15) is 30.3 Å². The van der Waals surface area contributed by atoms with E-state index in [1.165, 1.54) is 231 Å². The topological polar surface area (TPSA) is 149 Å². The fourth-order valence-corrected chi connectivity index (χ4v) is 9.64. The number of amides is 1. The third kappa shape index (κ3) is 39.9. The van der Waals surface area contributed by atoms with Crippen LogP contribution in [0.4, 0.5) is 0 Å². The SMILES string of the molecule is CCCCCCCCCC/C=C\CCCCCCCCCCCCCCCC(=O)NC(COC1OC(CO)C(O)C(O)C1O)C(O)/C=C/CC/C=C/CCCCCCCCCCCCCCCCCC. The van der Waals surface area contributed by atoms with Crippen LogP contribution in [0.25, 0.3) is 0 Å². The van der Waals surface area contributed by atoms with Crippen molar-refractivity contribution < 1.29 is 39.8 Å². The molecule has 6 N–H and O–H groups in total. The molecule has 0 radical (unpaired) electrons. The summed E-state index contributed by atoms with van der Waals surface area (Å²) in [5.41, 5.74) is 0. The molecule has 70 heavy (non-hydrogen) atoms. The summed E-state index contributed by atoms with van der Waals surface area (Å²) in [5.74, 6) is -0.183. The molecule has 1 saturated heterocycles. The maximum atomic E-state index is 13.1. The van der Waals surface area contributed by atoms with Crippen LogP contribution in [0.15, 0.2) is 36.5 Å². The Morgan fingerprint density at radius 2 is 0.814 bits per heavy atom. The zero-order valence-corrected chi connectivity index (χ0v) is 45.8. The zero-order chi connectivity index (χ0) is 50.8. The van der Waals surface area contributed by atoms with E-state index in [0.29, 0.717) is 6.42 Å². The number of aliphatic hydroxyl groups is 5. The highest BCUT2D eigenvalue weighted by molar-refractivity contribution is 5.76. The lowest BCUT2D eigenvalue weighted by molar-refractivity contribution is -0.302. The van der Waals surface area contributed by atoms with Crippen LogP contribution in [-0.2, 0) is 14.3 Å². The lowest BCUT2D eigenvalue weighted by Crippen LogP contribution is -2.60. The van der Waals surface area contributed by atoms with Gasteiger partial charge in [0, 0.05) is 6.42 Å². The van der Waals surface area contributed by atoms with Crippen molar-refractivity contribution in [3.05, 3.63) is 36.5 Å². The summed E-state index contributed by atoms with van der Waals surface area (Å²) < 4.78 is 11.3. The van der Waals surface area contributed by atoms with Gasteiger partial charge in [0.25, 0.3) is 0 Å². The number of hydrogen-bond acceptors (Lipinski definition) is 8. The molecule has 7 atom stereocenters. The number of allylic oxidation sites excluding steroid dienone is 5.